The number of fused-ring (bicyclic) bond motifs is 2. The van der Waals surface area contributed by atoms with E-state index in [4.69, 9.17) is 92.8 Å². The van der Waals surface area contributed by atoms with Gasteiger partial charge in [-0.3, -0.25) is 0 Å². The summed E-state index contributed by atoms with van der Waals surface area (Å²) in [6.45, 7) is 0. The lowest BCUT2D eigenvalue weighted by Crippen LogP contribution is -2.56. The van der Waals surface area contributed by atoms with Crippen LogP contribution in [0.2, 0.25) is 0 Å². The summed E-state index contributed by atoms with van der Waals surface area (Å²) < 4.78 is -1.30. The molecule has 106 valence electrons. The standard InChI is InChI=1S/C10H10Cl8/c11-1-8(2-12)4-5(14)7(16)9(8,3-13)10(17,18)6(4)15/h4-7H,1-3H2/t4?,5-,6-,7+,9?/m1/s1. The molecule has 8 heteroatoms. The lowest BCUT2D eigenvalue weighted by Gasteiger charge is -2.47. The Morgan fingerprint density at radius 2 is 1.28 bits per heavy atom. The van der Waals surface area contributed by atoms with Crippen LogP contribution in [0.3, 0.4) is 0 Å². The Labute approximate surface area is 146 Å². The zero-order valence-electron chi connectivity index (χ0n) is 8.95. The summed E-state index contributed by atoms with van der Waals surface area (Å²) in [7, 11) is 0. The van der Waals surface area contributed by atoms with Crippen molar-refractivity contribution in [3.05, 3.63) is 0 Å². The Hall–Kier alpha value is 2.32. The van der Waals surface area contributed by atoms with Gasteiger partial charge in [0.05, 0.1) is 16.1 Å². The van der Waals surface area contributed by atoms with E-state index in [-0.39, 0.29) is 23.6 Å². The lowest BCUT2D eigenvalue weighted by molar-refractivity contribution is 0.160. The molecule has 0 heterocycles. The maximum absolute atomic E-state index is 6.46. The molecule has 2 aliphatic carbocycles. The van der Waals surface area contributed by atoms with Gasteiger partial charge >= 0.3 is 0 Å². The van der Waals surface area contributed by atoms with Crippen LogP contribution < -0.4 is 0 Å². The molecule has 2 saturated carbocycles. The van der Waals surface area contributed by atoms with Crippen molar-refractivity contribution in [3.8, 4) is 0 Å². The van der Waals surface area contributed by atoms with Crippen molar-refractivity contribution < 1.29 is 0 Å². The van der Waals surface area contributed by atoms with Crippen LogP contribution in [0.1, 0.15) is 0 Å². The Kier molecular flexibility index (Phi) is 4.82. The van der Waals surface area contributed by atoms with Crippen molar-refractivity contribution in [1.82, 2.24) is 0 Å². The van der Waals surface area contributed by atoms with Gasteiger partial charge in [-0.1, -0.05) is 23.2 Å². The quantitative estimate of drug-likeness (QED) is 0.550. The normalized spacial score (nSPS) is 48.7. The van der Waals surface area contributed by atoms with Crippen LogP contribution in [0, 0.1) is 16.7 Å². The largest absolute Gasteiger partial charge is 0.143 e. The SMILES string of the molecule is ClCC1(CCl)C2[C@@H](Cl)[C@H](Cl)C1(CCl)C(Cl)(Cl)[C@@H]2Cl. The van der Waals surface area contributed by atoms with Gasteiger partial charge < -0.3 is 0 Å². The van der Waals surface area contributed by atoms with Gasteiger partial charge in [0, 0.05) is 34.4 Å². The van der Waals surface area contributed by atoms with Gasteiger partial charge in [0.15, 0.2) is 0 Å². The van der Waals surface area contributed by atoms with Crippen molar-refractivity contribution in [3.63, 3.8) is 0 Å². The minimum absolute atomic E-state index is 0.108. The Morgan fingerprint density at radius 1 is 0.778 bits per heavy atom. The van der Waals surface area contributed by atoms with E-state index in [2.05, 4.69) is 0 Å². The van der Waals surface area contributed by atoms with Gasteiger partial charge in [0.2, 0.25) is 0 Å². The predicted octanol–water partition coefficient (Wildman–Crippen LogP) is 5.32. The average Bonchev–Trinajstić information content (AvgIpc) is 2.63. The molecule has 2 unspecified atom stereocenters. The topological polar surface area (TPSA) is 0 Å². The van der Waals surface area contributed by atoms with Crippen LogP contribution in [0.25, 0.3) is 0 Å². The van der Waals surface area contributed by atoms with Crippen LogP contribution in [0.15, 0.2) is 0 Å². The minimum Gasteiger partial charge on any atom is -0.126 e. The van der Waals surface area contributed by atoms with Crippen LogP contribution in [-0.2, 0) is 0 Å². The van der Waals surface area contributed by atoms with E-state index in [0.29, 0.717) is 0 Å². The van der Waals surface area contributed by atoms with Crippen LogP contribution >= 0.6 is 92.8 Å². The molecule has 2 bridgehead atoms. The maximum atomic E-state index is 6.46. The Balaban J connectivity index is 2.70. The molecule has 0 aromatic carbocycles. The van der Waals surface area contributed by atoms with E-state index in [0.717, 1.165) is 0 Å². The highest BCUT2D eigenvalue weighted by Gasteiger charge is 2.83. The fourth-order valence-electron chi connectivity index (χ4n) is 3.51. The average molecular weight is 414 g/mol. The molecule has 2 fully saturated rings. The van der Waals surface area contributed by atoms with Gasteiger partial charge in [-0.15, -0.1) is 69.6 Å². The third kappa shape index (κ3) is 1.56. The molecule has 5 atom stereocenters. The van der Waals surface area contributed by atoms with Crippen LogP contribution in [0.5, 0.6) is 0 Å². The molecule has 0 nitrogen and oxygen atoms in total. The van der Waals surface area contributed by atoms with Crippen LogP contribution in [-0.4, -0.2) is 38.1 Å². The molecule has 0 spiro atoms. The third-order valence-corrected chi connectivity index (χ3v) is 9.20. The summed E-state index contributed by atoms with van der Waals surface area (Å²) in [5.74, 6) is 0.263. The molecule has 0 aliphatic heterocycles. The fourth-order valence-corrected chi connectivity index (χ4v) is 8.51. The highest BCUT2D eigenvalue weighted by molar-refractivity contribution is 6.55. The zero-order valence-corrected chi connectivity index (χ0v) is 15.0. The number of alkyl halides is 8. The van der Waals surface area contributed by atoms with Gasteiger partial charge in [-0.2, -0.15) is 0 Å². The highest BCUT2D eigenvalue weighted by atomic mass is 35.5. The van der Waals surface area contributed by atoms with Crippen molar-refractivity contribution in [2.45, 2.75) is 20.5 Å². The molecule has 0 radical (unpaired) electrons. The minimum atomic E-state index is -1.30. The predicted molar refractivity (Wildman–Crippen MR) is 83.9 cm³/mol. The molecule has 0 aromatic heterocycles. The molecule has 0 saturated heterocycles. The Bertz CT molecular complexity index is 341. The number of hydrogen-bond donors (Lipinski definition) is 0. The first kappa shape index (κ1) is 16.7. The lowest BCUT2D eigenvalue weighted by atomic mass is 9.70. The first-order valence-electron chi connectivity index (χ1n) is 5.26. The van der Waals surface area contributed by atoms with Crippen molar-refractivity contribution in [2.24, 2.45) is 16.7 Å². The summed E-state index contributed by atoms with van der Waals surface area (Å²) in [6, 6.07) is 0. The molecule has 18 heavy (non-hydrogen) atoms. The van der Waals surface area contributed by atoms with E-state index in [9.17, 15) is 0 Å². The maximum Gasteiger partial charge on any atom is 0.143 e. The van der Waals surface area contributed by atoms with Gasteiger partial charge in [-0.25, -0.2) is 0 Å². The smallest absolute Gasteiger partial charge is 0.126 e. The summed E-state index contributed by atoms with van der Waals surface area (Å²) in [5, 5.41) is -1.52. The second kappa shape index (κ2) is 5.20. The van der Waals surface area contributed by atoms with Gasteiger partial charge in [0.1, 0.15) is 4.33 Å². The molecule has 0 aromatic rings. The van der Waals surface area contributed by atoms with E-state index in [1.807, 2.05) is 0 Å². The van der Waals surface area contributed by atoms with Crippen molar-refractivity contribution in [1.29, 1.82) is 0 Å². The van der Waals surface area contributed by atoms with E-state index in [1.165, 1.54) is 0 Å². The van der Waals surface area contributed by atoms with Gasteiger partial charge in [0.25, 0.3) is 0 Å². The molecule has 2 aliphatic rings. The fraction of sp³-hybridized carbons (Fsp3) is 1.00. The monoisotopic (exact) mass is 410 g/mol. The number of hydrogen-bond acceptors (Lipinski definition) is 0. The number of halogens is 8. The zero-order chi connectivity index (χ0) is 13.9. The summed E-state index contributed by atoms with van der Waals surface area (Å²) in [5.41, 5.74) is -1.56. The molecular formula is C10H10Cl8. The number of rotatable bonds is 3. The van der Waals surface area contributed by atoms with Crippen LogP contribution in [0.4, 0.5) is 0 Å². The first-order chi connectivity index (χ1) is 8.28. The first-order valence-corrected chi connectivity index (χ1v) is 8.93. The summed E-state index contributed by atoms with van der Waals surface area (Å²) in [6.07, 6.45) is 0. The Morgan fingerprint density at radius 3 is 1.61 bits per heavy atom. The highest BCUT2D eigenvalue weighted by Crippen LogP contribution is 2.77. The molecule has 0 amide bonds. The second-order valence-corrected chi connectivity index (χ2v) is 8.56. The van der Waals surface area contributed by atoms with E-state index < -0.39 is 31.3 Å². The van der Waals surface area contributed by atoms with Crippen molar-refractivity contribution in [2.75, 3.05) is 17.6 Å². The summed E-state index contributed by atoms with van der Waals surface area (Å²) >= 11 is 50.6. The summed E-state index contributed by atoms with van der Waals surface area (Å²) in [4.78, 5) is 0. The van der Waals surface area contributed by atoms with E-state index in [1.54, 1.807) is 0 Å². The molecule has 0 N–H and O–H groups in total. The van der Waals surface area contributed by atoms with E-state index >= 15 is 0 Å². The molecule has 2 rings (SSSR count). The third-order valence-electron chi connectivity index (χ3n) is 4.56. The molecular weight excluding hydrogens is 404 g/mol. The van der Waals surface area contributed by atoms with Crippen molar-refractivity contribution >= 4 is 92.8 Å². The van der Waals surface area contributed by atoms with Gasteiger partial charge in [-0.05, 0) is 0 Å². The second-order valence-electron chi connectivity index (χ2n) is 4.93.